The van der Waals surface area contributed by atoms with E-state index in [0.717, 1.165) is 25.8 Å². The summed E-state index contributed by atoms with van der Waals surface area (Å²) < 4.78 is 19.1. The third-order valence-electron chi connectivity index (χ3n) is 3.29. The summed E-state index contributed by atoms with van der Waals surface area (Å²) in [5.41, 5.74) is -0.171. The van der Waals surface area contributed by atoms with Gasteiger partial charge in [-0.05, 0) is 26.2 Å². The molecule has 106 valence electrons. The summed E-state index contributed by atoms with van der Waals surface area (Å²) in [5, 5.41) is 6.25. The molecule has 0 atom stereocenters. The van der Waals surface area contributed by atoms with Crippen molar-refractivity contribution in [3.05, 3.63) is 12.0 Å². The van der Waals surface area contributed by atoms with Gasteiger partial charge in [-0.3, -0.25) is 0 Å². The molecule has 0 saturated carbocycles. The Morgan fingerprint density at radius 1 is 1.42 bits per heavy atom. The summed E-state index contributed by atoms with van der Waals surface area (Å²) in [7, 11) is 0. The Labute approximate surface area is 113 Å². The van der Waals surface area contributed by atoms with Crippen molar-refractivity contribution in [3.63, 3.8) is 0 Å². The summed E-state index contributed by atoms with van der Waals surface area (Å²) in [6.45, 7) is 6.28. The van der Waals surface area contributed by atoms with Crippen LogP contribution in [0, 0.1) is 5.82 Å². The van der Waals surface area contributed by atoms with Crippen LogP contribution >= 0.6 is 0 Å². The second kappa shape index (κ2) is 6.14. The van der Waals surface area contributed by atoms with Gasteiger partial charge in [0.05, 0.1) is 6.20 Å². The molecule has 2 rings (SSSR count). The van der Waals surface area contributed by atoms with E-state index in [-0.39, 0.29) is 11.4 Å². The smallest absolute Gasteiger partial charge is 0.224 e. The highest BCUT2D eigenvalue weighted by Gasteiger charge is 2.28. The van der Waals surface area contributed by atoms with E-state index in [4.69, 9.17) is 4.74 Å². The zero-order chi connectivity index (χ0) is 13.7. The van der Waals surface area contributed by atoms with Gasteiger partial charge in [0, 0.05) is 25.3 Å². The second-order valence-corrected chi connectivity index (χ2v) is 5.11. The minimum atomic E-state index is -0.422. The Morgan fingerprint density at radius 3 is 2.84 bits per heavy atom. The van der Waals surface area contributed by atoms with E-state index in [1.165, 1.54) is 6.20 Å². The van der Waals surface area contributed by atoms with Gasteiger partial charge in [0.15, 0.2) is 11.6 Å². The molecule has 1 aliphatic rings. The standard InChI is InChI=1S/C13H21FN4O/c1-3-6-15-12-16-9-10(14)11(17-12)18-13(2)4-7-19-8-5-13/h9H,3-8H2,1-2H3,(H2,15,16,17,18). The number of rotatable bonds is 5. The maximum Gasteiger partial charge on any atom is 0.224 e. The van der Waals surface area contributed by atoms with E-state index in [1.807, 2.05) is 0 Å². The van der Waals surface area contributed by atoms with Crippen LogP contribution < -0.4 is 10.6 Å². The Balaban J connectivity index is 2.09. The number of nitrogens with one attached hydrogen (secondary N) is 2. The first-order valence-electron chi connectivity index (χ1n) is 6.75. The molecule has 0 aliphatic carbocycles. The van der Waals surface area contributed by atoms with Gasteiger partial charge in [-0.25, -0.2) is 9.37 Å². The number of aromatic nitrogens is 2. The van der Waals surface area contributed by atoms with Crippen molar-refractivity contribution in [2.24, 2.45) is 0 Å². The van der Waals surface area contributed by atoms with E-state index >= 15 is 0 Å². The van der Waals surface area contributed by atoms with Crippen molar-refractivity contribution in [2.75, 3.05) is 30.4 Å². The van der Waals surface area contributed by atoms with Gasteiger partial charge >= 0.3 is 0 Å². The molecule has 19 heavy (non-hydrogen) atoms. The van der Waals surface area contributed by atoms with Crippen molar-refractivity contribution < 1.29 is 9.13 Å². The Morgan fingerprint density at radius 2 is 2.16 bits per heavy atom. The molecular weight excluding hydrogens is 247 g/mol. The van der Waals surface area contributed by atoms with Crippen molar-refractivity contribution >= 4 is 11.8 Å². The van der Waals surface area contributed by atoms with Gasteiger partial charge in [0.1, 0.15) is 0 Å². The van der Waals surface area contributed by atoms with Crippen LogP contribution in [0.15, 0.2) is 6.20 Å². The molecule has 0 aromatic carbocycles. The highest BCUT2D eigenvalue weighted by Crippen LogP contribution is 2.26. The molecule has 0 spiro atoms. The molecule has 2 heterocycles. The fourth-order valence-corrected chi connectivity index (χ4v) is 2.01. The monoisotopic (exact) mass is 268 g/mol. The topological polar surface area (TPSA) is 59.1 Å². The molecule has 1 aliphatic heterocycles. The Hall–Kier alpha value is -1.43. The Kier molecular flexibility index (Phi) is 4.52. The molecule has 2 N–H and O–H groups in total. The fraction of sp³-hybridized carbons (Fsp3) is 0.692. The number of hydrogen-bond acceptors (Lipinski definition) is 5. The molecule has 5 nitrogen and oxygen atoms in total. The maximum absolute atomic E-state index is 13.8. The quantitative estimate of drug-likeness (QED) is 0.859. The zero-order valence-corrected chi connectivity index (χ0v) is 11.5. The number of halogens is 1. The van der Waals surface area contributed by atoms with Crippen LogP contribution in [0.3, 0.4) is 0 Å². The van der Waals surface area contributed by atoms with E-state index in [2.05, 4.69) is 34.4 Å². The SMILES string of the molecule is CCCNc1ncc(F)c(NC2(C)CCOCC2)n1. The summed E-state index contributed by atoms with van der Waals surface area (Å²) in [6.07, 6.45) is 3.86. The highest BCUT2D eigenvalue weighted by atomic mass is 19.1. The molecule has 0 bridgehead atoms. The van der Waals surface area contributed by atoms with E-state index in [0.29, 0.717) is 19.2 Å². The van der Waals surface area contributed by atoms with Crippen LogP contribution in [0.5, 0.6) is 0 Å². The molecule has 1 fully saturated rings. The first-order chi connectivity index (χ1) is 9.13. The van der Waals surface area contributed by atoms with Crippen molar-refractivity contribution in [3.8, 4) is 0 Å². The third-order valence-corrected chi connectivity index (χ3v) is 3.29. The van der Waals surface area contributed by atoms with Gasteiger partial charge in [0.2, 0.25) is 5.95 Å². The number of anilines is 2. The molecule has 1 aromatic rings. The number of nitrogens with zero attached hydrogens (tertiary/aromatic N) is 2. The van der Waals surface area contributed by atoms with Gasteiger partial charge < -0.3 is 15.4 Å². The average Bonchev–Trinajstić information content (AvgIpc) is 2.40. The number of hydrogen-bond donors (Lipinski definition) is 2. The first-order valence-corrected chi connectivity index (χ1v) is 6.75. The first kappa shape index (κ1) is 14.0. The van der Waals surface area contributed by atoms with Crippen LogP contribution in [0.2, 0.25) is 0 Å². The molecule has 1 saturated heterocycles. The van der Waals surface area contributed by atoms with Crippen molar-refractivity contribution in [1.82, 2.24) is 9.97 Å². The van der Waals surface area contributed by atoms with Gasteiger partial charge in [0.25, 0.3) is 0 Å². The molecule has 6 heteroatoms. The summed E-state index contributed by atoms with van der Waals surface area (Å²) >= 11 is 0. The summed E-state index contributed by atoms with van der Waals surface area (Å²) in [4.78, 5) is 8.13. The van der Waals surface area contributed by atoms with Crippen LogP contribution in [-0.4, -0.2) is 35.3 Å². The van der Waals surface area contributed by atoms with Gasteiger partial charge in [-0.15, -0.1) is 0 Å². The normalized spacial score (nSPS) is 18.1. The minimum Gasteiger partial charge on any atom is -0.381 e. The fourth-order valence-electron chi connectivity index (χ4n) is 2.01. The zero-order valence-electron chi connectivity index (χ0n) is 11.5. The van der Waals surface area contributed by atoms with E-state index in [9.17, 15) is 4.39 Å². The minimum absolute atomic E-state index is 0.171. The summed E-state index contributed by atoms with van der Waals surface area (Å²) in [5.74, 6) is 0.300. The van der Waals surface area contributed by atoms with Crippen molar-refractivity contribution in [2.45, 2.75) is 38.6 Å². The lowest BCUT2D eigenvalue weighted by Gasteiger charge is -2.35. The van der Waals surface area contributed by atoms with E-state index < -0.39 is 5.82 Å². The third kappa shape index (κ3) is 3.76. The van der Waals surface area contributed by atoms with Crippen LogP contribution in [-0.2, 0) is 4.74 Å². The van der Waals surface area contributed by atoms with Crippen molar-refractivity contribution in [1.29, 1.82) is 0 Å². The lowest BCUT2D eigenvalue weighted by Crippen LogP contribution is -2.41. The maximum atomic E-state index is 13.8. The average molecular weight is 268 g/mol. The van der Waals surface area contributed by atoms with Crippen LogP contribution in [0.25, 0.3) is 0 Å². The molecule has 0 radical (unpaired) electrons. The molecule has 0 unspecified atom stereocenters. The molecular formula is C13H21FN4O. The van der Waals surface area contributed by atoms with Crippen LogP contribution in [0.1, 0.15) is 33.1 Å². The molecule has 0 amide bonds. The summed E-state index contributed by atoms with van der Waals surface area (Å²) in [6, 6.07) is 0. The second-order valence-electron chi connectivity index (χ2n) is 5.11. The van der Waals surface area contributed by atoms with E-state index in [1.54, 1.807) is 0 Å². The highest BCUT2D eigenvalue weighted by molar-refractivity contribution is 5.43. The Bertz CT molecular complexity index is 421. The number of ether oxygens (including phenoxy) is 1. The van der Waals surface area contributed by atoms with Gasteiger partial charge in [-0.1, -0.05) is 6.92 Å². The largest absolute Gasteiger partial charge is 0.381 e. The lowest BCUT2D eigenvalue weighted by molar-refractivity contribution is 0.0656. The predicted octanol–water partition coefficient (Wildman–Crippen LogP) is 2.42. The lowest BCUT2D eigenvalue weighted by atomic mass is 9.92. The predicted molar refractivity (Wildman–Crippen MR) is 72.9 cm³/mol. The van der Waals surface area contributed by atoms with Crippen LogP contribution in [0.4, 0.5) is 16.2 Å². The van der Waals surface area contributed by atoms with Gasteiger partial charge in [-0.2, -0.15) is 4.98 Å². The molecule has 1 aromatic heterocycles.